The highest BCUT2D eigenvalue weighted by molar-refractivity contribution is 5.68. The lowest BCUT2D eigenvalue weighted by atomic mass is 9.98. The van der Waals surface area contributed by atoms with Crippen LogP contribution in [-0.2, 0) is 47.6 Å². The molecule has 152 valence electrons. The van der Waals surface area contributed by atoms with E-state index in [0.717, 1.165) is 20.8 Å². The molecule has 0 aromatic rings. The summed E-state index contributed by atoms with van der Waals surface area (Å²) in [4.78, 5) is 45.8. The predicted octanol–water partition coefficient (Wildman–Crippen LogP) is 0.272. The molecule has 0 unspecified atom stereocenters. The van der Waals surface area contributed by atoms with Crippen molar-refractivity contribution >= 4 is 23.9 Å². The number of carbonyl (C=O) groups excluding carboxylic acids is 4. The second-order valence-corrected chi connectivity index (χ2v) is 5.69. The van der Waals surface area contributed by atoms with Crippen LogP contribution in [0.3, 0.4) is 0 Å². The number of carbonyl (C=O) groups is 4. The highest BCUT2D eigenvalue weighted by Crippen LogP contribution is 2.29. The van der Waals surface area contributed by atoms with Crippen molar-refractivity contribution in [1.82, 2.24) is 0 Å². The van der Waals surface area contributed by atoms with Crippen LogP contribution >= 0.6 is 0 Å². The monoisotopic (exact) mass is 388 g/mol. The summed E-state index contributed by atoms with van der Waals surface area (Å²) >= 11 is 0. The van der Waals surface area contributed by atoms with Crippen LogP contribution in [0.2, 0.25) is 0 Å². The molecule has 1 heterocycles. The van der Waals surface area contributed by atoms with Gasteiger partial charge in [-0.2, -0.15) is 0 Å². The van der Waals surface area contributed by atoms with E-state index in [0.29, 0.717) is 0 Å². The molecule has 0 aliphatic carbocycles. The Labute approximate surface area is 156 Å². The molecule has 1 fully saturated rings. The average molecular weight is 388 g/mol. The Bertz CT molecular complexity index is 572. The van der Waals surface area contributed by atoms with Crippen LogP contribution in [0, 0.1) is 0 Å². The zero-order chi connectivity index (χ0) is 20.6. The Morgan fingerprint density at radius 2 is 1.37 bits per heavy atom. The average Bonchev–Trinajstić information content (AvgIpc) is 2.54. The van der Waals surface area contributed by atoms with Gasteiger partial charge in [-0.05, 0) is 0 Å². The summed E-state index contributed by atoms with van der Waals surface area (Å²) in [5.74, 6) is -2.67. The van der Waals surface area contributed by atoms with Crippen LogP contribution in [0.25, 0.3) is 0 Å². The van der Waals surface area contributed by atoms with E-state index in [1.54, 1.807) is 0 Å². The molecule has 1 aliphatic rings. The molecule has 1 rings (SSSR count). The largest absolute Gasteiger partial charge is 0.463 e. The third-order valence-electron chi connectivity index (χ3n) is 3.33. The molecule has 1 saturated heterocycles. The standard InChI is InChI=1S/C17H24O10/c1-6-7-22-17-16(26-12(5)21)15(25-11(4)20)14(24-10(3)19)13(27-17)8-23-9(2)18/h6,13-17H,1,7-8H2,2-5H3/t13-,14+,15+,16+,17-/m1/s1. The smallest absolute Gasteiger partial charge is 0.303 e. The molecule has 5 atom stereocenters. The third kappa shape index (κ3) is 7.35. The SMILES string of the molecule is C=CCO[C@@H]1O[C@H](COC(C)=O)[C@H](OC(C)=O)[C@H](OC(C)=O)[C@@H]1OC(C)=O. The van der Waals surface area contributed by atoms with Crippen molar-refractivity contribution in [3.63, 3.8) is 0 Å². The molecule has 0 radical (unpaired) electrons. The summed E-state index contributed by atoms with van der Waals surface area (Å²) < 4.78 is 31.7. The van der Waals surface area contributed by atoms with E-state index in [9.17, 15) is 19.2 Å². The van der Waals surface area contributed by atoms with E-state index in [4.69, 9.17) is 28.4 Å². The van der Waals surface area contributed by atoms with Crippen LogP contribution in [-0.4, -0.2) is 67.8 Å². The van der Waals surface area contributed by atoms with E-state index in [1.807, 2.05) is 0 Å². The first kappa shape index (κ1) is 22.6. The highest BCUT2D eigenvalue weighted by Gasteiger charge is 2.52. The molecule has 10 heteroatoms. The minimum atomic E-state index is -1.24. The highest BCUT2D eigenvalue weighted by atomic mass is 16.7. The second-order valence-electron chi connectivity index (χ2n) is 5.69. The number of esters is 4. The van der Waals surface area contributed by atoms with Gasteiger partial charge in [0, 0.05) is 27.7 Å². The first-order chi connectivity index (χ1) is 12.6. The van der Waals surface area contributed by atoms with Gasteiger partial charge in [0.25, 0.3) is 0 Å². The van der Waals surface area contributed by atoms with Gasteiger partial charge in [0.1, 0.15) is 12.7 Å². The number of hydrogen-bond acceptors (Lipinski definition) is 10. The van der Waals surface area contributed by atoms with Crippen molar-refractivity contribution in [3.05, 3.63) is 12.7 Å². The minimum Gasteiger partial charge on any atom is -0.463 e. The van der Waals surface area contributed by atoms with Gasteiger partial charge in [0.15, 0.2) is 24.6 Å². The molecule has 0 aromatic heterocycles. The molecule has 10 nitrogen and oxygen atoms in total. The molecule has 0 aromatic carbocycles. The van der Waals surface area contributed by atoms with Crippen molar-refractivity contribution in [2.75, 3.05) is 13.2 Å². The molecule has 1 aliphatic heterocycles. The molecule has 0 bridgehead atoms. The van der Waals surface area contributed by atoms with Gasteiger partial charge in [0.05, 0.1) is 6.61 Å². The van der Waals surface area contributed by atoms with Crippen LogP contribution in [0.1, 0.15) is 27.7 Å². The lowest BCUT2D eigenvalue weighted by Gasteiger charge is -2.43. The summed E-state index contributed by atoms with van der Waals surface area (Å²) in [5.41, 5.74) is 0. The lowest BCUT2D eigenvalue weighted by Crippen LogP contribution is -2.62. The van der Waals surface area contributed by atoms with Crippen LogP contribution in [0.5, 0.6) is 0 Å². The molecule has 0 N–H and O–H groups in total. The lowest BCUT2D eigenvalue weighted by molar-refractivity contribution is -0.305. The quantitative estimate of drug-likeness (QED) is 0.325. The van der Waals surface area contributed by atoms with Crippen LogP contribution < -0.4 is 0 Å². The first-order valence-electron chi connectivity index (χ1n) is 8.18. The molecule has 0 amide bonds. The van der Waals surface area contributed by atoms with Crippen molar-refractivity contribution in [2.24, 2.45) is 0 Å². The van der Waals surface area contributed by atoms with Crippen LogP contribution in [0.4, 0.5) is 0 Å². The second kappa shape index (κ2) is 10.6. The Hall–Kier alpha value is -2.46. The maximum Gasteiger partial charge on any atom is 0.303 e. The summed E-state index contributed by atoms with van der Waals surface area (Å²) in [6.07, 6.45) is -4.41. The first-order valence-corrected chi connectivity index (χ1v) is 8.18. The van der Waals surface area contributed by atoms with Gasteiger partial charge in [0.2, 0.25) is 0 Å². The van der Waals surface area contributed by atoms with Gasteiger partial charge in [-0.15, -0.1) is 6.58 Å². The Morgan fingerprint density at radius 3 is 1.85 bits per heavy atom. The van der Waals surface area contributed by atoms with E-state index < -0.39 is 54.6 Å². The van der Waals surface area contributed by atoms with Crippen molar-refractivity contribution in [1.29, 1.82) is 0 Å². The zero-order valence-electron chi connectivity index (χ0n) is 15.7. The van der Waals surface area contributed by atoms with Crippen LogP contribution in [0.15, 0.2) is 12.7 Å². The van der Waals surface area contributed by atoms with E-state index in [-0.39, 0.29) is 13.2 Å². The van der Waals surface area contributed by atoms with Crippen molar-refractivity contribution in [3.8, 4) is 0 Å². The number of ether oxygens (including phenoxy) is 6. The maximum atomic E-state index is 11.6. The Kier molecular flexibility index (Phi) is 8.89. The normalized spacial score (nSPS) is 27.2. The van der Waals surface area contributed by atoms with Gasteiger partial charge >= 0.3 is 23.9 Å². The summed E-state index contributed by atoms with van der Waals surface area (Å²) in [6, 6.07) is 0. The summed E-state index contributed by atoms with van der Waals surface area (Å²) in [6.45, 7) is 7.90. The van der Waals surface area contributed by atoms with E-state index >= 15 is 0 Å². The fourth-order valence-corrected chi connectivity index (χ4v) is 2.49. The minimum absolute atomic E-state index is 0.0355. The zero-order valence-corrected chi connectivity index (χ0v) is 15.7. The fraction of sp³-hybridized carbons (Fsp3) is 0.647. The fourth-order valence-electron chi connectivity index (χ4n) is 2.49. The third-order valence-corrected chi connectivity index (χ3v) is 3.33. The Balaban J connectivity index is 3.24. The molecule has 27 heavy (non-hydrogen) atoms. The van der Waals surface area contributed by atoms with Crippen molar-refractivity contribution < 1.29 is 47.6 Å². The van der Waals surface area contributed by atoms with Crippen molar-refractivity contribution in [2.45, 2.75) is 58.4 Å². The van der Waals surface area contributed by atoms with E-state index in [2.05, 4.69) is 6.58 Å². The predicted molar refractivity (Wildman–Crippen MR) is 88.1 cm³/mol. The number of hydrogen-bond donors (Lipinski definition) is 0. The Morgan fingerprint density at radius 1 is 0.852 bits per heavy atom. The van der Waals surface area contributed by atoms with Gasteiger partial charge in [-0.25, -0.2) is 0 Å². The number of rotatable bonds is 8. The summed E-state index contributed by atoms with van der Waals surface area (Å²) in [7, 11) is 0. The molecular formula is C17H24O10. The van der Waals surface area contributed by atoms with Gasteiger partial charge in [-0.3, -0.25) is 19.2 Å². The van der Waals surface area contributed by atoms with E-state index in [1.165, 1.54) is 13.0 Å². The topological polar surface area (TPSA) is 124 Å². The maximum absolute atomic E-state index is 11.6. The molecule has 0 saturated carbocycles. The summed E-state index contributed by atoms with van der Waals surface area (Å²) in [5, 5.41) is 0. The molecule has 0 spiro atoms. The van der Waals surface area contributed by atoms with Gasteiger partial charge < -0.3 is 28.4 Å². The van der Waals surface area contributed by atoms with Gasteiger partial charge in [-0.1, -0.05) is 6.08 Å². The molecular weight excluding hydrogens is 364 g/mol.